The number of oxazole rings is 1. The summed E-state index contributed by atoms with van der Waals surface area (Å²) in [6, 6.07) is 5.78. The van der Waals surface area contributed by atoms with E-state index in [1.807, 2.05) is 25.1 Å². The van der Waals surface area contributed by atoms with Crippen LogP contribution in [0.4, 0.5) is 16.2 Å². The van der Waals surface area contributed by atoms with Crippen LogP contribution in [-0.2, 0) is 6.54 Å². The van der Waals surface area contributed by atoms with E-state index >= 15 is 0 Å². The number of aryl methyl sites for hydroxylation is 1. The maximum absolute atomic E-state index is 13.5. The van der Waals surface area contributed by atoms with Crippen molar-refractivity contribution in [2.75, 3.05) is 24.3 Å². The normalized spacial score (nSPS) is 10.9. The SMILES string of the molecule is Cc1cccc2oc(CNc3ncc(F)c(N(C)C)n3)nc12. The zero-order chi connectivity index (χ0) is 15.7. The highest BCUT2D eigenvalue weighted by molar-refractivity contribution is 5.76. The summed E-state index contributed by atoms with van der Waals surface area (Å²) < 4.78 is 19.2. The molecular formula is C15H16FN5O. The fourth-order valence-corrected chi connectivity index (χ4v) is 2.12. The molecule has 2 aromatic heterocycles. The van der Waals surface area contributed by atoms with Gasteiger partial charge in [0, 0.05) is 14.1 Å². The largest absolute Gasteiger partial charge is 0.439 e. The monoisotopic (exact) mass is 301 g/mol. The standard InChI is InChI=1S/C15H16FN5O/c1-9-5-4-6-11-13(9)19-12(22-11)8-18-15-17-7-10(16)14(20-15)21(2)3/h4-7H,8H2,1-3H3,(H,17,18,20). The zero-order valence-electron chi connectivity index (χ0n) is 12.6. The molecule has 0 aliphatic heterocycles. The fourth-order valence-electron chi connectivity index (χ4n) is 2.12. The maximum Gasteiger partial charge on any atom is 0.225 e. The molecule has 114 valence electrons. The Labute approximate surface area is 127 Å². The van der Waals surface area contributed by atoms with E-state index in [-0.39, 0.29) is 5.82 Å². The number of halogens is 1. The number of fused-ring (bicyclic) bond motifs is 1. The fraction of sp³-hybridized carbons (Fsp3) is 0.267. The van der Waals surface area contributed by atoms with Crippen LogP contribution in [0.25, 0.3) is 11.1 Å². The van der Waals surface area contributed by atoms with Crippen LogP contribution in [0.1, 0.15) is 11.5 Å². The van der Waals surface area contributed by atoms with Gasteiger partial charge in [0.15, 0.2) is 17.2 Å². The molecule has 22 heavy (non-hydrogen) atoms. The summed E-state index contributed by atoms with van der Waals surface area (Å²) in [5.74, 6) is 0.617. The Morgan fingerprint density at radius 1 is 1.27 bits per heavy atom. The van der Waals surface area contributed by atoms with Gasteiger partial charge in [0.1, 0.15) is 5.52 Å². The Bertz CT molecular complexity index is 815. The molecule has 0 aliphatic carbocycles. The quantitative estimate of drug-likeness (QED) is 0.799. The van der Waals surface area contributed by atoms with Crippen molar-refractivity contribution < 1.29 is 8.81 Å². The van der Waals surface area contributed by atoms with Gasteiger partial charge in [0.25, 0.3) is 0 Å². The maximum atomic E-state index is 13.5. The third-order valence-corrected chi connectivity index (χ3v) is 3.21. The smallest absolute Gasteiger partial charge is 0.225 e. The first-order chi connectivity index (χ1) is 10.5. The van der Waals surface area contributed by atoms with E-state index < -0.39 is 5.82 Å². The van der Waals surface area contributed by atoms with Crippen LogP contribution < -0.4 is 10.2 Å². The molecule has 0 bridgehead atoms. The van der Waals surface area contributed by atoms with Crippen LogP contribution in [0, 0.1) is 12.7 Å². The average Bonchev–Trinajstić information content (AvgIpc) is 2.90. The lowest BCUT2D eigenvalue weighted by atomic mass is 10.2. The summed E-state index contributed by atoms with van der Waals surface area (Å²) in [6.45, 7) is 2.31. The molecule has 0 spiro atoms. The van der Waals surface area contributed by atoms with E-state index in [1.54, 1.807) is 19.0 Å². The van der Waals surface area contributed by atoms with Gasteiger partial charge in [0.2, 0.25) is 11.8 Å². The number of hydrogen-bond acceptors (Lipinski definition) is 6. The second-order valence-corrected chi connectivity index (χ2v) is 5.14. The molecule has 0 aliphatic rings. The third kappa shape index (κ3) is 2.69. The highest BCUT2D eigenvalue weighted by Gasteiger charge is 2.11. The van der Waals surface area contributed by atoms with Crippen molar-refractivity contribution in [2.24, 2.45) is 0 Å². The number of aromatic nitrogens is 3. The molecule has 1 aromatic carbocycles. The van der Waals surface area contributed by atoms with Gasteiger partial charge >= 0.3 is 0 Å². The van der Waals surface area contributed by atoms with Crippen LogP contribution in [0.3, 0.4) is 0 Å². The molecule has 6 nitrogen and oxygen atoms in total. The molecule has 0 unspecified atom stereocenters. The Morgan fingerprint density at radius 3 is 2.82 bits per heavy atom. The summed E-state index contributed by atoms with van der Waals surface area (Å²) in [5.41, 5.74) is 2.64. The predicted octanol–water partition coefficient (Wildman–Crippen LogP) is 2.74. The third-order valence-electron chi connectivity index (χ3n) is 3.21. The number of hydrogen-bond donors (Lipinski definition) is 1. The van der Waals surface area contributed by atoms with Crippen molar-refractivity contribution >= 4 is 22.9 Å². The van der Waals surface area contributed by atoms with Gasteiger partial charge in [0.05, 0.1) is 12.7 Å². The Balaban J connectivity index is 1.79. The lowest BCUT2D eigenvalue weighted by molar-refractivity contribution is 0.539. The number of anilines is 2. The minimum atomic E-state index is -0.465. The van der Waals surface area contributed by atoms with Crippen molar-refractivity contribution in [3.8, 4) is 0 Å². The van der Waals surface area contributed by atoms with Crippen LogP contribution in [0.5, 0.6) is 0 Å². The first-order valence-corrected chi connectivity index (χ1v) is 6.83. The van der Waals surface area contributed by atoms with Gasteiger partial charge in [-0.2, -0.15) is 4.98 Å². The van der Waals surface area contributed by atoms with Gasteiger partial charge in [-0.3, -0.25) is 0 Å². The lowest BCUT2D eigenvalue weighted by Gasteiger charge is -2.12. The van der Waals surface area contributed by atoms with Gasteiger partial charge in [-0.15, -0.1) is 0 Å². The van der Waals surface area contributed by atoms with E-state index in [0.717, 1.165) is 22.9 Å². The summed E-state index contributed by atoms with van der Waals surface area (Å²) in [7, 11) is 3.44. The highest BCUT2D eigenvalue weighted by Crippen LogP contribution is 2.20. The molecule has 0 saturated heterocycles. The Kier molecular flexibility index (Phi) is 3.62. The topological polar surface area (TPSA) is 67.1 Å². The van der Waals surface area contributed by atoms with E-state index in [2.05, 4.69) is 20.3 Å². The lowest BCUT2D eigenvalue weighted by Crippen LogP contribution is -2.15. The van der Waals surface area contributed by atoms with E-state index in [4.69, 9.17) is 4.42 Å². The van der Waals surface area contributed by atoms with Crippen LogP contribution in [-0.4, -0.2) is 29.0 Å². The summed E-state index contributed by atoms with van der Waals surface area (Å²) >= 11 is 0. The molecule has 0 amide bonds. The summed E-state index contributed by atoms with van der Waals surface area (Å²) in [4.78, 5) is 14.1. The van der Waals surface area contributed by atoms with Crippen LogP contribution in [0.15, 0.2) is 28.8 Å². The second kappa shape index (κ2) is 5.59. The first-order valence-electron chi connectivity index (χ1n) is 6.83. The van der Waals surface area contributed by atoms with Crippen molar-refractivity contribution in [3.63, 3.8) is 0 Å². The van der Waals surface area contributed by atoms with Crippen LogP contribution in [0.2, 0.25) is 0 Å². The van der Waals surface area contributed by atoms with Crippen molar-refractivity contribution in [1.82, 2.24) is 15.0 Å². The van der Waals surface area contributed by atoms with Crippen molar-refractivity contribution in [2.45, 2.75) is 13.5 Å². The number of nitrogens with one attached hydrogen (secondary N) is 1. The van der Waals surface area contributed by atoms with Gasteiger partial charge < -0.3 is 14.6 Å². The molecule has 1 N–H and O–H groups in total. The molecule has 0 atom stereocenters. The minimum Gasteiger partial charge on any atom is -0.439 e. The predicted molar refractivity (Wildman–Crippen MR) is 82.4 cm³/mol. The van der Waals surface area contributed by atoms with Gasteiger partial charge in [-0.1, -0.05) is 12.1 Å². The van der Waals surface area contributed by atoms with Crippen molar-refractivity contribution in [3.05, 3.63) is 41.7 Å². The van der Waals surface area contributed by atoms with Gasteiger partial charge in [-0.05, 0) is 18.6 Å². The molecule has 3 aromatic rings. The molecule has 7 heteroatoms. The molecule has 3 rings (SSSR count). The molecule has 2 heterocycles. The minimum absolute atomic E-state index is 0.228. The number of rotatable bonds is 4. The Hall–Kier alpha value is -2.70. The highest BCUT2D eigenvalue weighted by atomic mass is 19.1. The molecule has 0 fully saturated rings. The number of para-hydroxylation sites is 1. The molecule has 0 radical (unpaired) electrons. The molecule has 0 saturated carbocycles. The van der Waals surface area contributed by atoms with E-state index in [1.165, 1.54) is 0 Å². The first kappa shape index (κ1) is 14.2. The van der Waals surface area contributed by atoms with E-state index in [9.17, 15) is 4.39 Å². The zero-order valence-corrected chi connectivity index (χ0v) is 12.6. The van der Waals surface area contributed by atoms with E-state index in [0.29, 0.717) is 18.4 Å². The Morgan fingerprint density at radius 2 is 2.09 bits per heavy atom. The van der Waals surface area contributed by atoms with Gasteiger partial charge in [-0.25, -0.2) is 14.4 Å². The average molecular weight is 301 g/mol. The number of benzene rings is 1. The molecular weight excluding hydrogens is 285 g/mol. The van der Waals surface area contributed by atoms with Crippen LogP contribution >= 0.6 is 0 Å². The van der Waals surface area contributed by atoms with Crippen molar-refractivity contribution in [1.29, 1.82) is 0 Å². The summed E-state index contributed by atoms with van der Waals surface area (Å²) in [5, 5.41) is 2.99. The second-order valence-electron chi connectivity index (χ2n) is 5.14. The number of nitrogens with zero attached hydrogens (tertiary/aromatic N) is 4. The summed E-state index contributed by atoms with van der Waals surface area (Å²) in [6.07, 6.45) is 1.14.